The zero-order valence-corrected chi connectivity index (χ0v) is 16.1. The van der Waals surface area contributed by atoms with Crippen molar-refractivity contribution in [2.45, 2.75) is 26.7 Å². The topological polar surface area (TPSA) is 64.0 Å². The summed E-state index contributed by atoms with van der Waals surface area (Å²) >= 11 is 6.23. The van der Waals surface area contributed by atoms with Crippen LogP contribution in [0.15, 0.2) is 59.4 Å². The molecule has 0 atom stereocenters. The van der Waals surface area contributed by atoms with Crippen LogP contribution in [-0.4, -0.2) is 15.7 Å². The predicted molar refractivity (Wildman–Crippen MR) is 108 cm³/mol. The van der Waals surface area contributed by atoms with Crippen LogP contribution in [-0.2, 0) is 0 Å². The van der Waals surface area contributed by atoms with Gasteiger partial charge in [-0.05, 0) is 42.7 Å². The number of amides is 1. The van der Waals surface area contributed by atoms with Gasteiger partial charge in [0.25, 0.3) is 5.91 Å². The molecule has 0 bridgehead atoms. The van der Waals surface area contributed by atoms with E-state index in [0.717, 1.165) is 0 Å². The van der Waals surface area contributed by atoms with E-state index in [2.05, 4.69) is 24.3 Å². The van der Waals surface area contributed by atoms with Gasteiger partial charge < -0.3 is 5.32 Å². The highest BCUT2D eigenvalue weighted by atomic mass is 35.5. The van der Waals surface area contributed by atoms with Crippen LogP contribution in [0, 0.1) is 6.92 Å². The SMILES string of the molecule is Cc1cc(=O)c(C(=O)Nc2ccc(C(C)C)cc2)nn1-c1ccccc1Cl. The third-order valence-corrected chi connectivity index (χ3v) is 4.56. The van der Waals surface area contributed by atoms with Crippen molar-refractivity contribution in [1.29, 1.82) is 0 Å². The quantitative estimate of drug-likeness (QED) is 0.719. The monoisotopic (exact) mass is 381 g/mol. The van der Waals surface area contributed by atoms with E-state index in [1.165, 1.54) is 16.3 Å². The molecule has 0 unspecified atom stereocenters. The number of hydrogen-bond acceptors (Lipinski definition) is 3. The molecule has 0 aliphatic carbocycles. The van der Waals surface area contributed by atoms with Gasteiger partial charge in [-0.3, -0.25) is 9.59 Å². The minimum Gasteiger partial charge on any atom is -0.320 e. The van der Waals surface area contributed by atoms with E-state index >= 15 is 0 Å². The summed E-state index contributed by atoms with van der Waals surface area (Å²) in [6, 6.07) is 16.0. The standard InChI is InChI=1S/C21H20ClN3O2/c1-13(2)15-8-10-16(11-9-15)23-21(27)20-19(26)12-14(3)25(24-20)18-7-5-4-6-17(18)22/h4-13H,1-3H3,(H,23,27). The predicted octanol–water partition coefficient (Wildman–Crippen LogP) is 4.57. The largest absolute Gasteiger partial charge is 0.320 e. The van der Waals surface area contributed by atoms with E-state index in [4.69, 9.17) is 11.6 Å². The molecule has 1 N–H and O–H groups in total. The Hall–Kier alpha value is -2.92. The van der Waals surface area contributed by atoms with Gasteiger partial charge in [0.05, 0.1) is 10.7 Å². The number of nitrogens with one attached hydrogen (secondary N) is 1. The maximum absolute atomic E-state index is 12.6. The first kappa shape index (κ1) is 18.9. The first-order valence-corrected chi connectivity index (χ1v) is 9.02. The van der Waals surface area contributed by atoms with Gasteiger partial charge in [0.1, 0.15) is 0 Å². The van der Waals surface area contributed by atoms with Gasteiger partial charge in [-0.25, -0.2) is 4.68 Å². The average molecular weight is 382 g/mol. The molecule has 2 aromatic carbocycles. The molecular formula is C21H20ClN3O2. The summed E-state index contributed by atoms with van der Waals surface area (Å²) in [6.45, 7) is 5.94. The Kier molecular flexibility index (Phi) is 5.42. The number of benzene rings is 2. The normalized spacial score (nSPS) is 10.9. The molecular weight excluding hydrogens is 362 g/mol. The first-order valence-electron chi connectivity index (χ1n) is 8.64. The summed E-state index contributed by atoms with van der Waals surface area (Å²) in [4.78, 5) is 24.9. The molecule has 0 saturated heterocycles. The van der Waals surface area contributed by atoms with Crippen LogP contribution in [0.3, 0.4) is 0 Å². The number of rotatable bonds is 4. The van der Waals surface area contributed by atoms with Crippen molar-refractivity contribution in [2.24, 2.45) is 0 Å². The zero-order valence-electron chi connectivity index (χ0n) is 15.4. The van der Waals surface area contributed by atoms with E-state index in [1.54, 1.807) is 25.1 Å². The summed E-state index contributed by atoms with van der Waals surface area (Å²) in [5.41, 5.74) is 2.34. The summed E-state index contributed by atoms with van der Waals surface area (Å²) in [6.07, 6.45) is 0. The van der Waals surface area contributed by atoms with Crippen LogP contribution in [0.2, 0.25) is 5.02 Å². The molecule has 6 heteroatoms. The second-order valence-corrected chi connectivity index (χ2v) is 7.00. The number of carbonyl (C=O) groups excluding carboxylic acids is 1. The van der Waals surface area contributed by atoms with Crippen molar-refractivity contribution in [3.05, 3.63) is 86.8 Å². The molecule has 1 amide bonds. The summed E-state index contributed by atoms with van der Waals surface area (Å²) < 4.78 is 1.50. The molecule has 0 aliphatic heterocycles. The number of hydrogen-bond donors (Lipinski definition) is 1. The van der Waals surface area contributed by atoms with E-state index in [0.29, 0.717) is 28.0 Å². The number of aryl methyl sites for hydroxylation is 1. The van der Waals surface area contributed by atoms with E-state index < -0.39 is 11.3 Å². The van der Waals surface area contributed by atoms with Crippen LogP contribution >= 0.6 is 11.6 Å². The van der Waals surface area contributed by atoms with Crippen molar-refractivity contribution in [1.82, 2.24) is 9.78 Å². The van der Waals surface area contributed by atoms with Crippen molar-refractivity contribution >= 4 is 23.2 Å². The van der Waals surface area contributed by atoms with Crippen LogP contribution < -0.4 is 10.7 Å². The highest BCUT2D eigenvalue weighted by molar-refractivity contribution is 6.32. The summed E-state index contributed by atoms with van der Waals surface area (Å²) in [5.74, 6) is -0.158. The van der Waals surface area contributed by atoms with E-state index in [-0.39, 0.29) is 5.69 Å². The Morgan fingerprint density at radius 2 is 1.78 bits per heavy atom. The van der Waals surface area contributed by atoms with Crippen LogP contribution in [0.25, 0.3) is 5.69 Å². The Morgan fingerprint density at radius 1 is 1.11 bits per heavy atom. The fraction of sp³-hybridized carbons (Fsp3) is 0.190. The van der Waals surface area contributed by atoms with Crippen molar-refractivity contribution < 1.29 is 4.79 Å². The minimum atomic E-state index is -0.557. The fourth-order valence-corrected chi connectivity index (χ4v) is 2.93. The van der Waals surface area contributed by atoms with Crippen molar-refractivity contribution in [3.8, 4) is 5.69 Å². The Labute approximate surface area is 162 Å². The van der Waals surface area contributed by atoms with Gasteiger partial charge in [-0.15, -0.1) is 0 Å². The van der Waals surface area contributed by atoms with Crippen molar-refractivity contribution in [2.75, 3.05) is 5.32 Å². The molecule has 1 heterocycles. The van der Waals surface area contributed by atoms with Crippen LogP contribution in [0.5, 0.6) is 0 Å². The molecule has 1 aromatic heterocycles. The lowest BCUT2D eigenvalue weighted by atomic mass is 10.0. The van der Waals surface area contributed by atoms with Gasteiger partial charge in [0.15, 0.2) is 5.69 Å². The van der Waals surface area contributed by atoms with E-state index in [1.807, 2.05) is 30.3 Å². The Bertz CT molecular complexity index is 1040. The van der Waals surface area contributed by atoms with Gasteiger partial charge in [0.2, 0.25) is 5.43 Å². The van der Waals surface area contributed by atoms with Gasteiger partial charge in [0, 0.05) is 17.4 Å². The molecule has 0 radical (unpaired) electrons. The minimum absolute atomic E-state index is 0.187. The van der Waals surface area contributed by atoms with Crippen LogP contribution in [0.1, 0.15) is 41.5 Å². The number of para-hydroxylation sites is 1. The molecule has 27 heavy (non-hydrogen) atoms. The molecule has 5 nitrogen and oxygen atoms in total. The van der Waals surface area contributed by atoms with E-state index in [9.17, 15) is 9.59 Å². The lowest BCUT2D eigenvalue weighted by Crippen LogP contribution is -2.27. The van der Waals surface area contributed by atoms with Gasteiger partial charge in [-0.2, -0.15) is 5.10 Å². The van der Waals surface area contributed by atoms with Gasteiger partial charge >= 0.3 is 0 Å². The fourth-order valence-electron chi connectivity index (χ4n) is 2.71. The lowest BCUT2D eigenvalue weighted by Gasteiger charge is -2.13. The molecule has 0 fully saturated rings. The number of aromatic nitrogens is 2. The van der Waals surface area contributed by atoms with Gasteiger partial charge in [-0.1, -0.05) is 49.7 Å². The number of anilines is 1. The molecule has 3 aromatic rings. The summed E-state index contributed by atoms with van der Waals surface area (Å²) in [7, 11) is 0. The highest BCUT2D eigenvalue weighted by Crippen LogP contribution is 2.20. The average Bonchev–Trinajstić information content (AvgIpc) is 2.63. The molecule has 138 valence electrons. The molecule has 0 saturated carbocycles. The third kappa shape index (κ3) is 4.09. The molecule has 0 spiro atoms. The maximum atomic E-state index is 12.6. The first-order chi connectivity index (χ1) is 12.9. The van der Waals surface area contributed by atoms with Crippen molar-refractivity contribution in [3.63, 3.8) is 0 Å². The Balaban J connectivity index is 1.94. The number of carbonyl (C=O) groups is 1. The molecule has 3 rings (SSSR count). The smallest absolute Gasteiger partial charge is 0.280 e. The Morgan fingerprint density at radius 3 is 2.41 bits per heavy atom. The second-order valence-electron chi connectivity index (χ2n) is 6.59. The lowest BCUT2D eigenvalue weighted by molar-refractivity contribution is 0.101. The second kappa shape index (κ2) is 7.76. The highest BCUT2D eigenvalue weighted by Gasteiger charge is 2.16. The number of nitrogens with zero attached hydrogens (tertiary/aromatic N) is 2. The summed E-state index contributed by atoms with van der Waals surface area (Å²) in [5, 5.41) is 7.46. The number of halogens is 1. The maximum Gasteiger partial charge on any atom is 0.280 e. The molecule has 0 aliphatic rings. The third-order valence-electron chi connectivity index (χ3n) is 4.24. The van der Waals surface area contributed by atoms with Crippen LogP contribution in [0.4, 0.5) is 5.69 Å². The zero-order chi connectivity index (χ0) is 19.6.